The number of rotatable bonds is 6. The van der Waals surface area contributed by atoms with Crippen LogP contribution in [-0.2, 0) is 4.79 Å². The van der Waals surface area contributed by atoms with E-state index < -0.39 is 17.8 Å². The molecule has 3 aromatic rings. The number of carbonyl (C=O) groups excluding carboxylic acids is 2. The zero-order chi connectivity index (χ0) is 23.1. The van der Waals surface area contributed by atoms with Crippen molar-refractivity contribution in [2.45, 2.75) is 0 Å². The molecule has 0 bridgehead atoms. The number of anilines is 1. The molecule has 0 heterocycles. The predicted molar refractivity (Wildman–Crippen MR) is 118 cm³/mol. The third kappa shape index (κ3) is 5.81. The number of amides is 1. The Morgan fingerprint density at radius 1 is 0.969 bits per heavy atom. The molecule has 8 heteroatoms. The molecule has 1 amide bonds. The largest absolute Gasteiger partial charge is 0.478 e. The second kappa shape index (κ2) is 10.1. The van der Waals surface area contributed by atoms with Crippen LogP contribution in [0.2, 0.25) is 5.02 Å². The highest BCUT2D eigenvalue weighted by atomic mass is 35.5. The van der Waals surface area contributed by atoms with Crippen molar-refractivity contribution in [1.29, 1.82) is 5.26 Å². The van der Waals surface area contributed by atoms with Gasteiger partial charge in [-0.2, -0.15) is 5.26 Å². The van der Waals surface area contributed by atoms with Gasteiger partial charge in [0.25, 0.3) is 5.91 Å². The molecule has 32 heavy (non-hydrogen) atoms. The van der Waals surface area contributed by atoms with Gasteiger partial charge in [0.2, 0.25) is 0 Å². The molecule has 3 aromatic carbocycles. The molecule has 2 N–H and O–H groups in total. The number of aromatic carboxylic acids is 1. The summed E-state index contributed by atoms with van der Waals surface area (Å²) in [7, 11) is 0. The standard InChI is InChI=1S/C24H15ClN2O5/c25-19-3-1-2-17(13-19)24(31)32-21-10-4-15(5-11-21)12-18(14-26)22(28)27-20-8-6-16(7-9-20)23(29)30/h1-13H,(H,27,28)(H,29,30)/b18-12+. The number of hydrogen-bond acceptors (Lipinski definition) is 5. The second-order valence-corrected chi connectivity index (χ2v) is 6.91. The highest BCUT2D eigenvalue weighted by molar-refractivity contribution is 6.30. The van der Waals surface area contributed by atoms with E-state index in [-0.39, 0.29) is 16.9 Å². The van der Waals surface area contributed by atoms with Gasteiger partial charge in [0.1, 0.15) is 17.4 Å². The van der Waals surface area contributed by atoms with Crippen molar-refractivity contribution >= 4 is 41.2 Å². The molecule has 0 radical (unpaired) electrons. The lowest BCUT2D eigenvalue weighted by molar-refractivity contribution is -0.112. The number of nitrogens with zero attached hydrogens (tertiary/aromatic N) is 1. The summed E-state index contributed by atoms with van der Waals surface area (Å²) >= 11 is 5.87. The van der Waals surface area contributed by atoms with Crippen LogP contribution in [0, 0.1) is 11.3 Å². The van der Waals surface area contributed by atoms with E-state index in [1.54, 1.807) is 30.3 Å². The number of halogens is 1. The smallest absolute Gasteiger partial charge is 0.343 e. The molecule has 0 saturated carbocycles. The van der Waals surface area contributed by atoms with Gasteiger partial charge in [0.05, 0.1) is 11.1 Å². The first-order chi connectivity index (χ1) is 15.4. The van der Waals surface area contributed by atoms with E-state index in [1.807, 2.05) is 6.07 Å². The fraction of sp³-hybridized carbons (Fsp3) is 0. The number of nitriles is 1. The number of carboxylic acid groups (broad SMARTS) is 1. The lowest BCUT2D eigenvalue weighted by Crippen LogP contribution is -2.13. The van der Waals surface area contributed by atoms with Crippen molar-refractivity contribution in [3.05, 3.63) is 100 Å². The van der Waals surface area contributed by atoms with Crippen LogP contribution in [-0.4, -0.2) is 23.0 Å². The summed E-state index contributed by atoms with van der Waals surface area (Å²) in [6.45, 7) is 0. The number of carbonyl (C=O) groups is 3. The first-order valence-corrected chi connectivity index (χ1v) is 9.58. The van der Waals surface area contributed by atoms with Gasteiger partial charge in [0, 0.05) is 10.7 Å². The Labute approximate surface area is 188 Å². The quantitative estimate of drug-likeness (QED) is 0.243. The predicted octanol–water partition coefficient (Wildman–Crippen LogP) is 4.80. The average molecular weight is 447 g/mol. The summed E-state index contributed by atoms with van der Waals surface area (Å²) < 4.78 is 5.29. The van der Waals surface area contributed by atoms with Crippen molar-refractivity contribution in [3.8, 4) is 11.8 Å². The Morgan fingerprint density at radius 2 is 1.66 bits per heavy atom. The number of carboxylic acids is 1. The molecule has 0 aliphatic heterocycles. The molecule has 0 aromatic heterocycles. The molecule has 0 saturated heterocycles. The van der Waals surface area contributed by atoms with Crippen molar-refractivity contribution in [1.82, 2.24) is 0 Å². The molecule has 3 rings (SSSR count). The van der Waals surface area contributed by atoms with Gasteiger partial charge in [-0.25, -0.2) is 9.59 Å². The highest BCUT2D eigenvalue weighted by Crippen LogP contribution is 2.18. The molecule has 0 spiro atoms. The first kappa shape index (κ1) is 22.3. The van der Waals surface area contributed by atoms with E-state index in [0.717, 1.165) is 0 Å². The number of hydrogen-bond donors (Lipinski definition) is 2. The Bertz CT molecular complexity index is 1240. The van der Waals surface area contributed by atoms with Crippen LogP contribution in [0.15, 0.2) is 78.4 Å². The summed E-state index contributed by atoms with van der Waals surface area (Å²) in [6.07, 6.45) is 1.38. The van der Waals surface area contributed by atoms with Gasteiger partial charge in [-0.1, -0.05) is 29.8 Å². The Balaban J connectivity index is 1.67. The van der Waals surface area contributed by atoms with Crippen molar-refractivity contribution in [3.63, 3.8) is 0 Å². The Hall–Kier alpha value is -4.41. The molecule has 7 nitrogen and oxygen atoms in total. The van der Waals surface area contributed by atoms with E-state index in [1.165, 1.54) is 48.5 Å². The maximum absolute atomic E-state index is 12.4. The van der Waals surface area contributed by atoms with Crippen molar-refractivity contribution < 1.29 is 24.2 Å². The molecule has 158 valence electrons. The first-order valence-electron chi connectivity index (χ1n) is 9.20. The van der Waals surface area contributed by atoms with Gasteiger partial charge in [-0.15, -0.1) is 0 Å². The summed E-state index contributed by atoms with van der Waals surface area (Å²) in [5.41, 5.74) is 1.12. The topological polar surface area (TPSA) is 116 Å². The number of nitrogens with one attached hydrogen (secondary N) is 1. The van der Waals surface area contributed by atoms with Crippen LogP contribution in [0.3, 0.4) is 0 Å². The highest BCUT2D eigenvalue weighted by Gasteiger charge is 2.12. The van der Waals surface area contributed by atoms with Gasteiger partial charge < -0.3 is 15.2 Å². The third-order valence-corrected chi connectivity index (χ3v) is 4.45. The minimum atomic E-state index is -1.08. The third-order valence-electron chi connectivity index (χ3n) is 4.22. The van der Waals surface area contributed by atoms with E-state index in [0.29, 0.717) is 21.8 Å². The summed E-state index contributed by atoms with van der Waals surface area (Å²) in [4.78, 5) is 35.4. The van der Waals surface area contributed by atoms with E-state index >= 15 is 0 Å². The fourth-order valence-corrected chi connectivity index (χ4v) is 2.81. The number of benzene rings is 3. The molecule has 0 fully saturated rings. The van der Waals surface area contributed by atoms with Crippen molar-refractivity contribution in [2.75, 3.05) is 5.32 Å². The van der Waals surface area contributed by atoms with Gasteiger partial charge in [0.15, 0.2) is 0 Å². The summed E-state index contributed by atoms with van der Waals surface area (Å²) in [5, 5.41) is 21.2. The minimum absolute atomic E-state index is 0.0789. The van der Waals surface area contributed by atoms with Gasteiger partial charge in [-0.3, -0.25) is 4.79 Å². The number of ether oxygens (including phenoxy) is 1. The van der Waals surface area contributed by atoms with Crippen LogP contribution >= 0.6 is 11.6 Å². The molecule has 0 aliphatic carbocycles. The zero-order valence-electron chi connectivity index (χ0n) is 16.4. The van der Waals surface area contributed by atoms with Gasteiger partial charge >= 0.3 is 11.9 Å². The lowest BCUT2D eigenvalue weighted by atomic mass is 10.1. The second-order valence-electron chi connectivity index (χ2n) is 6.48. The minimum Gasteiger partial charge on any atom is -0.478 e. The molecule has 0 unspecified atom stereocenters. The van der Waals surface area contributed by atoms with Crippen LogP contribution in [0.5, 0.6) is 5.75 Å². The summed E-state index contributed by atoms with van der Waals surface area (Å²) in [5.74, 6) is -2.01. The lowest BCUT2D eigenvalue weighted by Gasteiger charge is -2.06. The van der Waals surface area contributed by atoms with Crippen molar-refractivity contribution in [2.24, 2.45) is 0 Å². The Kier molecular flexibility index (Phi) is 7.01. The van der Waals surface area contributed by atoms with Crippen LogP contribution in [0.1, 0.15) is 26.3 Å². The Morgan fingerprint density at radius 3 is 2.25 bits per heavy atom. The van der Waals surface area contributed by atoms with E-state index in [9.17, 15) is 19.6 Å². The monoisotopic (exact) mass is 446 g/mol. The molecule has 0 atom stereocenters. The average Bonchev–Trinajstić information content (AvgIpc) is 2.78. The van der Waals surface area contributed by atoms with Crippen LogP contribution < -0.4 is 10.1 Å². The molecular weight excluding hydrogens is 432 g/mol. The van der Waals surface area contributed by atoms with E-state index in [4.69, 9.17) is 21.4 Å². The number of esters is 1. The fourth-order valence-electron chi connectivity index (χ4n) is 2.62. The van der Waals surface area contributed by atoms with Crippen LogP contribution in [0.4, 0.5) is 5.69 Å². The molecule has 0 aliphatic rings. The zero-order valence-corrected chi connectivity index (χ0v) is 17.2. The SMILES string of the molecule is N#C/C(=C\c1ccc(OC(=O)c2cccc(Cl)c2)cc1)C(=O)Nc1ccc(C(=O)O)cc1. The maximum atomic E-state index is 12.4. The van der Waals surface area contributed by atoms with Crippen LogP contribution in [0.25, 0.3) is 6.08 Å². The maximum Gasteiger partial charge on any atom is 0.343 e. The van der Waals surface area contributed by atoms with E-state index in [2.05, 4.69) is 5.32 Å². The van der Waals surface area contributed by atoms with Gasteiger partial charge in [-0.05, 0) is 66.2 Å². The summed E-state index contributed by atoms with van der Waals surface area (Å²) in [6, 6.07) is 20.0. The normalized spacial score (nSPS) is 10.7. The molecular formula is C24H15ClN2O5.